The van der Waals surface area contributed by atoms with Gasteiger partial charge in [0.2, 0.25) is 0 Å². The molecule has 17 heavy (non-hydrogen) atoms. The molecule has 0 aromatic heterocycles. The lowest BCUT2D eigenvalue weighted by Crippen LogP contribution is -2.13. The minimum atomic E-state index is -4.12. The van der Waals surface area contributed by atoms with Crippen LogP contribution in [0, 0.1) is 5.92 Å². The number of alkyl halides is 3. The van der Waals surface area contributed by atoms with E-state index in [9.17, 15) is 13.2 Å². The van der Waals surface area contributed by atoms with Gasteiger partial charge in [0.15, 0.2) is 0 Å². The minimum absolute atomic E-state index is 0.362. The van der Waals surface area contributed by atoms with Crippen molar-refractivity contribution in [2.45, 2.75) is 25.4 Å². The summed E-state index contributed by atoms with van der Waals surface area (Å²) in [5.74, 6) is 0.566. The lowest BCUT2D eigenvalue weighted by atomic mass is 9.97. The predicted octanol–water partition coefficient (Wildman–Crippen LogP) is 2.94. The maximum absolute atomic E-state index is 12.3. The Morgan fingerprint density at radius 2 is 2.00 bits per heavy atom. The molecule has 1 saturated heterocycles. The smallest absolute Gasteiger partial charge is 0.316 e. The van der Waals surface area contributed by atoms with Gasteiger partial charge in [-0.3, -0.25) is 0 Å². The molecule has 0 radical (unpaired) electrons. The predicted molar refractivity (Wildman–Crippen MR) is 60.9 cm³/mol. The largest absolute Gasteiger partial charge is 0.393 e. The Bertz CT molecular complexity index is 367. The Morgan fingerprint density at radius 3 is 2.65 bits per heavy atom. The maximum Gasteiger partial charge on any atom is 0.393 e. The van der Waals surface area contributed by atoms with Gasteiger partial charge < -0.3 is 5.32 Å². The van der Waals surface area contributed by atoms with Gasteiger partial charge in [0.1, 0.15) is 0 Å². The Labute approximate surface area is 99.0 Å². The van der Waals surface area contributed by atoms with Crippen LogP contribution in [0.1, 0.15) is 17.5 Å². The molecule has 94 valence electrons. The second-order valence-electron chi connectivity index (χ2n) is 4.67. The first kappa shape index (κ1) is 12.4. The summed E-state index contributed by atoms with van der Waals surface area (Å²) in [4.78, 5) is 0. The Morgan fingerprint density at radius 1 is 1.24 bits per heavy atom. The van der Waals surface area contributed by atoms with Gasteiger partial charge in [-0.2, -0.15) is 13.2 Å². The van der Waals surface area contributed by atoms with E-state index in [0.29, 0.717) is 11.5 Å². The standard InChI is InChI=1S/C13H16F3N/c14-13(15,16)8-11-3-1-2-10(6-11)7-12-4-5-17-9-12/h1-3,6,12,17H,4-5,7-9H2. The molecule has 0 saturated carbocycles. The summed E-state index contributed by atoms with van der Waals surface area (Å²) in [5, 5.41) is 3.27. The molecule has 1 unspecified atom stereocenters. The number of hydrogen-bond donors (Lipinski definition) is 1. The molecule has 0 bridgehead atoms. The van der Waals surface area contributed by atoms with Gasteiger partial charge in [-0.15, -0.1) is 0 Å². The van der Waals surface area contributed by atoms with Crippen LogP contribution >= 0.6 is 0 Å². The Hall–Kier alpha value is -1.03. The molecule has 1 nitrogen and oxygen atoms in total. The minimum Gasteiger partial charge on any atom is -0.316 e. The van der Waals surface area contributed by atoms with Crippen molar-refractivity contribution in [3.63, 3.8) is 0 Å². The van der Waals surface area contributed by atoms with Crippen molar-refractivity contribution in [1.82, 2.24) is 5.32 Å². The molecule has 1 aromatic carbocycles. The second-order valence-corrected chi connectivity index (χ2v) is 4.67. The van der Waals surface area contributed by atoms with E-state index in [-0.39, 0.29) is 0 Å². The third kappa shape index (κ3) is 4.04. The highest BCUT2D eigenvalue weighted by Crippen LogP contribution is 2.23. The Kier molecular flexibility index (Phi) is 3.72. The van der Waals surface area contributed by atoms with E-state index in [2.05, 4.69) is 5.32 Å². The van der Waals surface area contributed by atoms with E-state index >= 15 is 0 Å². The summed E-state index contributed by atoms with van der Waals surface area (Å²) < 4.78 is 36.8. The summed E-state index contributed by atoms with van der Waals surface area (Å²) in [6.07, 6.45) is -2.96. The van der Waals surface area contributed by atoms with Crippen molar-refractivity contribution < 1.29 is 13.2 Å². The fourth-order valence-corrected chi connectivity index (χ4v) is 2.32. The van der Waals surface area contributed by atoms with Gasteiger partial charge in [-0.1, -0.05) is 24.3 Å². The number of rotatable bonds is 3. The molecule has 1 atom stereocenters. The van der Waals surface area contributed by atoms with Gasteiger partial charge in [0.25, 0.3) is 0 Å². The number of halogens is 3. The second kappa shape index (κ2) is 5.08. The average molecular weight is 243 g/mol. The lowest BCUT2D eigenvalue weighted by Gasteiger charge is -2.11. The molecule has 1 aliphatic rings. The summed E-state index contributed by atoms with van der Waals surface area (Å²) in [6.45, 7) is 2.00. The van der Waals surface area contributed by atoms with Crippen LogP contribution in [-0.2, 0) is 12.8 Å². The molecule has 1 heterocycles. The molecule has 1 aromatic rings. The Balaban J connectivity index is 2.00. The zero-order valence-electron chi connectivity index (χ0n) is 9.56. The molecule has 0 spiro atoms. The van der Waals surface area contributed by atoms with Crippen molar-refractivity contribution in [3.8, 4) is 0 Å². The summed E-state index contributed by atoms with van der Waals surface area (Å²) in [5.41, 5.74) is 1.38. The van der Waals surface area contributed by atoms with Crippen LogP contribution in [0.15, 0.2) is 24.3 Å². The molecular formula is C13H16F3N. The van der Waals surface area contributed by atoms with Crippen LogP contribution in [0.4, 0.5) is 13.2 Å². The monoisotopic (exact) mass is 243 g/mol. The highest BCUT2D eigenvalue weighted by atomic mass is 19.4. The van der Waals surface area contributed by atoms with Crippen molar-refractivity contribution in [1.29, 1.82) is 0 Å². The molecule has 0 amide bonds. The van der Waals surface area contributed by atoms with Crippen molar-refractivity contribution in [2.24, 2.45) is 5.92 Å². The zero-order valence-corrected chi connectivity index (χ0v) is 9.56. The molecule has 0 aliphatic carbocycles. The van der Waals surface area contributed by atoms with Crippen LogP contribution < -0.4 is 5.32 Å². The van der Waals surface area contributed by atoms with Crippen LogP contribution in [0.3, 0.4) is 0 Å². The van der Waals surface area contributed by atoms with E-state index in [1.165, 1.54) is 0 Å². The van der Waals surface area contributed by atoms with Gasteiger partial charge in [-0.05, 0) is 43.0 Å². The normalized spacial score (nSPS) is 20.8. The summed E-state index contributed by atoms with van der Waals surface area (Å²) >= 11 is 0. The number of benzene rings is 1. The maximum atomic E-state index is 12.3. The van der Waals surface area contributed by atoms with E-state index in [4.69, 9.17) is 0 Å². The average Bonchev–Trinajstić information content (AvgIpc) is 2.68. The fraction of sp³-hybridized carbons (Fsp3) is 0.538. The lowest BCUT2D eigenvalue weighted by molar-refractivity contribution is -0.127. The first-order valence-electron chi connectivity index (χ1n) is 5.88. The topological polar surface area (TPSA) is 12.0 Å². The van der Waals surface area contributed by atoms with Gasteiger partial charge in [-0.25, -0.2) is 0 Å². The summed E-state index contributed by atoms with van der Waals surface area (Å²) in [7, 11) is 0. The van der Waals surface area contributed by atoms with Crippen LogP contribution in [0.5, 0.6) is 0 Å². The first-order chi connectivity index (χ1) is 8.03. The number of nitrogens with one attached hydrogen (secondary N) is 1. The van der Waals surface area contributed by atoms with Crippen molar-refractivity contribution >= 4 is 0 Å². The SMILES string of the molecule is FC(F)(F)Cc1cccc(CC2CCNC2)c1. The van der Waals surface area contributed by atoms with E-state index in [0.717, 1.165) is 31.5 Å². The van der Waals surface area contributed by atoms with E-state index in [1.54, 1.807) is 18.2 Å². The van der Waals surface area contributed by atoms with Gasteiger partial charge in [0, 0.05) is 0 Å². The zero-order chi connectivity index (χ0) is 12.3. The van der Waals surface area contributed by atoms with E-state index in [1.807, 2.05) is 6.07 Å². The molecular weight excluding hydrogens is 227 g/mol. The number of hydrogen-bond acceptors (Lipinski definition) is 1. The van der Waals surface area contributed by atoms with Crippen LogP contribution in [0.2, 0.25) is 0 Å². The molecule has 1 fully saturated rings. The van der Waals surface area contributed by atoms with Crippen molar-refractivity contribution in [3.05, 3.63) is 35.4 Å². The quantitative estimate of drug-likeness (QED) is 0.860. The third-order valence-electron chi connectivity index (χ3n) is 3.08. The van der Waals surface area contributed by atoms with Gasteiger partial charge >= 0.3 is 6.18 Å². The van der Waals surface area contributed by atoms with Crippen molar-refractivity contribution in [2.75, 3.05) is 13.1 Å². The third-order valence-corrected chi connectivity index (χ3v) is 3.08. The van der Waals surface area contributed by atoms with Gasteiger partial charge in [0.05, 0.1) is 6.42 Å². The van der Waals surface area contributed by atoms with Crippen LogP contribution in [0.25, 0.3) is 0 Å². The molecule has 1 aliphatic heterocycles. The highest BCUT2D eigenvalue weighted by Gasteiger charge is 2.27. The summed E-state index contributed by atoms with van der Waals surface area (Å²) in [6, 6.07) is 6.87. The van der Waals surface area contributed by atoms with Crippen LogP contribution in [-0.4, -0.2) is 19.3 Å². The van der Waals surface area contributed by atoms with E-state index < -0.39 is 12.6 Å². The molecule has 4 heteroatoms. The molecule has 2 rings (SSSR count). The fourth-order valence-electron chi connectivity index (χ4n) is 2.32. The molecule has 1 N–H and O–H groups in total. The highest BCUT2D eigenvalue weighted by molar-refractivity contribution is 5.24. The first-order valence-corrected chi connectivity index (χ1v) is 5.88.